The third-order valence-electron chi connectivity index (χ3n) is 4.79. The van der Waals surface area contributed by atoms with Crippen LogP contribution < -0.4 is 11.1 Å². The molecule has 1 amide bonds. The fraction of sp³-hybridized carbons (Fsp3) is 0.263. The number of aromatic amines is 1. The molecule has 4 rings (SSSR count). The maximum absolute atomic E-state index is 13.1. The summed E-state index contributed by atoms with van der Waals surface area (Å²) in [7, 11) is -3.06. The zero-order valence-corrected chi connectivity index (χ0v) is 15.7. The van der Waals surface area contributed by atoms with Gasteiger partial charge in [0.2, 0.25) is 5.91 Å². The van der Waals surface area contributed by atoms with E-state index in [1.54, 1.807) is 18.2 Å². The molecule has 2 aromatic carbocycles. The van der Waals surface area contributed by atoms with E-state index in [4.69, 9.17) is 4.42 Å². The van der Waals surface area contributed by atoms with Crippen LogP contribution in [0.2, 0.25) is 0 Å². The van der Waals surface area contributed by atoms with Gasteiger partial charge in [0, 0.05) is 18.8 Å². The minimum absolute atomic E-state index is 0.0336. The molecule has 3 aromatic rings. The number of carbonyl (C=O) groups is 1. The van der Waals surface area contributed by atoms with Crippen LogP contribution >= 0.6 is 0 Å². The molecule has 2 N–H and O–H groups in total. The molecule has 1 aliphatic heterocycles. The number of carbonyl (C=O) groups excluding carboxylic acids is 1. The Kier molecular flexibility index (Phi) is 4.78. The van der Waals surface area contributed by atoms with Gasteiger partial charge in [-0.25, -0.2) is 13.2 Å². The molecule has 146 valence electrons. The molecule has 1 fully saturated rings. The maximum Gasteiger partial charge on any atom is 0.417 e. The first-order valence-electron chi connectivity index (χ1n) is 8.84. The number of anilines is 1. The molecule has 8 nitrogen and oxygen atoms in total. The van der Waals surface area contributed by atoms with E-state index in [0.29, 0.717) is 29.9 Å². The summed E-state index contributed by atoms with van der Waals surface area (Å²) in [5.41, 5.74) is 2.20. The molecule has 1 saturated heterocycles. The van der Waals surface area contributed by atoms with Crippen LogP contribution in [-0.4, -0.2) is 48.8 Å². The van der Waals surface area contributed by atoms with Crippen molar-refractivity contribution in [3.05, 3.63) is 64.6 Å². The van der Waals surface area contributed by atoms with Gasteiger partial charge in [-0.1, -0.05) is 30.3 Å². The molecule has 1 aliphatic rings. The third-order valence-corrected chi connectivity index (χ3v) is 6.40. The predicted octanol–water partition coefficient (Wildman–Crippen LogP) is 1.53. The van der Waals surface area contributed by atoms with Crippen molar-refractivity contribution in [3.63, 3.8) is 0 Å². The summed E-state index contributed by atoms with van der Waals surface area (Å²) >= 11 is 0. The number of hydrogen-bond donors (Lipinski definition) is 2. The minimum Gasteiger partial charge on any atom is -0.408 e. The fourth-order valence-electron chi connectivity index (χ4n) is 3.39. The molecule has 0 bridgehead atoms. The van der Waals surface area contributed by atoms with E-state index in [-0.39, 0.29) is 17.4 Å². The lowest BCUT2D eigenvalue weighted by molar-refractivity contribution is -0.121. The molecule has 2 heterocycles. The Morgan fingerprint density at radius 2 is 1.82 bits per heavy atom. The molecule has 1 aromatic heterocycles. The number of fused-ring (bicyclic) bond motifs is 1. The van der Waals surface area contributed by atoms with Gasteiger partial charge in [-0.3, -0.25) is 14.7 Å². The smallest absolute Gasteiger partial charge is 0.408 e. The molecule has 0 radical (unpaired) electrons. The van der Waals surface area contributed by atoms with Crippen LogP contribution in [0.4, 0.5) is 5.69 Å². The zero-order valence-electron chi connectivity index (χ0n) is 14.9. The number of nitrogens with one attached hydrogen (secondary N) is 2. The zero-order chi connectivity index (χ0) is 19.7. The Labute approximate surface area is 161 Å². The summed E-state index contributed by atoms with van der Waals surface area (Å²) in [4.78, 5) is 28.9. The quantitative estimate of drug-likeness (QED) is 0.686. The molecule has 9 heteroatoms. The lowest BCUT2D eigenvalue weighted by atomic mass is 10.0. The standard InChI is InChI=1S/C19H19N3O5S/c23-18(20-14-6-7-16-15(12-14)21-19(24)27-16)17(13-4-2-1-3-5-13)22-8-10-28(25,26)11-9-22/h1-7,12,17H,8-11H2,(H,20,23)(H,21,24). The van der Waals surface area contributed by atoms with Gasteiger partial charge in [-0.05, 0) is 23.8 Å². The van der Waals surface area contributed by atoms with Gasteiger partial charge in [-0.15, -0.1) is 0 Å². The number of oxazole rings is 1. The Morgan fingerprint density at radius 3 is 2.54 bits per heavy atom. The van der Waals surface area contributed by atoms with Crippen molar-refractivity contribution in [2.24, 2.45) is 0 Å². The summed E-state index contributed by atoms with van der Waals surface area (Å²) in [6.45, 7) is 0.590. The highest BCUT2D eigenvalue weighted by molar-refractivity contribution is 7.91. The summed E-state index contributed by atoms with van der Waals surface area (Å²) in [5.74, 6) is -0.761. The number of rotatable bonds is 4. The van der Waals surface area contributed by atoms with E-state index in [1.807, 2.05) is 35.2 Å². The Balaban J connectivity index is 1.61. The van der Waals surface area contributed by atoms with Crippen LogP contribution in [0.25, 0.3) is 11.1 Å². The topological polar surface area (TPSA) is 112 Å². The first-order chi connectivity index (χ1) is 13.4. The second kappa shape index (κ2) is 7.25. The van der Waals surface area contributed by atoms with Crippen LogP contribution in [0.15, 0.2) is 57.7 Å². The number of benzene rings is 2. The van der Waals surface area contributed by atoms with E-state index in [9.17, 15) is 18.0 Å². The molecule has 28 heavy (non-hydrogen) atoms. The number of nitrogens with zero attached hydrogens (tertiary/aromatic N) is 1. The molecular weight excluding hydrogens is 382 g/mol. The summed E-state index contributed by atoms with van der Waals surface area (Å²) in [5, 5.41) is 2.87. The van der Waals surface area contributed by atoms with Crippen molar-refractivity contribution >= 4 is 32.5 Å². The van der Waals surface area contributed by atoms with Crippen molar-refractivity contribution in [3.8, 4) is 0 Å². The van der Waals surface area contributed by atoms with E-state index in [2.05, 4.69) is 10.3 Å². The predicted molar refractivity (Wildman–Crippen MR) is 105 cm³/mol. The van der Waals surface area contributed by atoms with Gasteiger partial charge in [0.1, 0.15) is 6.04 Å². The Hall–Kier alpha value is -2.91. The highest BCUT2D eigenvalue weighted by atomic mass is 32.2. The SMILES string of the molecule is O=C(Nc1ccc2oc(=O)[nH]c2c1)C(c1ccccc1)N1CCS(=O)(=O)CC1. The first kappa shape index (κ1) is 18.5. The highest BCUT2D eigenvalue weighted by Crippen LogP contribution is 2.25. The molecular formula is C19H19N3O5S. The normalized spacial score (nSPS) is 18.0. The van der Waals surface area contributed by atoms with Gasteiger partial charge in [0.05, 0.1) is 17.0 Å². The average molecular weight is 401 g/mol. The largest absolute Gasteiger partial charge is 0.417 e. The molecule has 0 saturated carbocycles. The Morgan fingerprint density at radius 1 is 1.11 bits per heavy atom. The second-order valence-electron chi connectivity index (χ2n) is 6.72. The van der Waals surface area contributed by atoms with Crippen LogP contribution in [0.3, 0.4) is 0 Å². The van der Waals surface area contributed by atoms with Gasteiger partial charge >= 0.3 is 5.76 Å². The van der Waals surface area contributed by atoms with Crippen molar-refractivity contribution in [2.45, 2.75) is 6.04 Å². The summed E-state index contributed by atoms with van der Waals surface area (Å²) in [6.07, 6.45) is 0. The Bertz CT molecular complexity index is 1150. The number of sulfone groups is 1. The first-order valence-corrected chi connectivity index (χ1v) is 10.7. The highest BCUT2D eigenvalue weighted by Gasteiger charge is 2.32. The summed E-state index contributed by atoms with van der Waals surface area (Å²) < 4.78 is 28.5. The van der Waals surface area contributed by atoms with Crippen LogP contribution in [-0.2, 0) is 14.6 Å². The maximum atomic E-state index is 13.1. The van der Waals surface area contributed by atoms with Crippen LogP contribution in [0.5, 0.6) is 0 Å². The lowest BCUT2D eigenvalue weighted by Gasteiger charge is -2.33. The number of hydrogen-bond acceptors (Lipinski definition) is 6. The fourth-order valence-corrected chi connectivity index (χ4v) is 4.62. The molecule has 1 unspecified atom stereocenters. The van der Waals surface area contributed by atoms with Crippen LogP contribution in [0.1, 0.15) is 11.6 Å². The van der Waals surface area contributed by atoms with E-state index in [1.165, 1.54) is 0 Å². The lowest BCUT2D eigenvalue weighted by Crippen LogP contribution is -2.46. The van der Waals surface area contributed by atoms with Crippen molar-refractivity contribution in [1.82, 2.24) is 9.88 Å². The van der Waals surface area contributed by atoms with E-state index >= 15 is 0 Å². The molecule has 0 spiro atoms. The van der Waals surface area contributed by atoms with E-state index in [0.717, 1.165) is 5.56 Å². The van der Waals surface area contributed by atoms with Gasteiger partial charge in [0.15, 0.2) is 15.4 Å². The number of H-pyrrole nitrogens is 1. The molecule has 0 aliphatic carbocycles. The van der Waals surface area contributed by atoms with Gasteiger partial charge < -0.3 is 9.73 Å². The van der Waals surface area contributed by atoms with Crippen molar-refractivity contribution in [1.29, 1.82) is 0 Å². The van der Waals surface area contributed by atoms with Crippen molar-refractivity contribution < 1.29 is 17.6 Å². The second-order valence-corrected chi connectivity index (χ2v) is 9.02. The van der Waals surface area contributed by atoms with Crippen LogP contribution in [0, 0.1) is 0 Å². The third kappa shape index (κ3) is 3.85. The van der Waals surface area contributed by atoms with E-state index < -0.39 is 21.6 Å². The minimum atomic E-state index is -3.06. The number of amides is 1. The number of aromatic nitrogens is 1. The average Bonchev–Trinajstić information content (AvgIpc) is 3.03. The van der Waals surface area contributed by atoms with Crippen molar-refractivity contribution in [2.75, 3.05) is 29.9 Å². The summed E-state index contributed by atoms with van der Waals surface area (Å²) in [6, 6.07) is 13.5. The van der Waals surface area contributed by atoms with Gasteiger partial charge in [0.25, 0.3) is 0 Å². The molecule has 1 atom stereocenters. The monoisotopic (exact) mass is 401 g/mol. The van der Waals surface area contributed by atoms with Gasteiger partial charge in [-0.2, -0.15) is 0 Å².